The van der Waals surface area contributed by atoms with Crippen molar-refractivity contribution in [3.63, 3.8) is 0 Å². The summed E-state index contributed by atoms with van der Waals surface area (Å²) in [7, 11) is -1.10. The van der Waals surface area contributed by atoms with Gasteiger partial charge in [0.2, 0.25) is 0 Å². The zero-order chi connectivity index (χ0) is 9.31. The van der Waals surface area contributed by atoms with E-state index in [2.05, 4.69) is 0 Å². The van der Waals surface area contributed by atoms with Gasteiger partial charge in [0.1, 0.15) is 0 Å². The third kappa shape index (κ3) is 1.77. The van der Waals surface area contributed by atoms with Gasteiger partial charge in [-0.15, -0.1) is 0 Å². The fourth-order valence-corrected chi connectivity index (χ4v) is 5.08. The number of hydrogen-bond donors (Lipinski definition) is 2. The predicted molar refractivity (Wildman–Crippen MR) is 54.8 cm³/mol. The first-order chi connectivity index (χ1) is 6.25. The van der Waals surface area contributed by atoms with Crippen molar-refractivity contribution in [3.8, 4) is 0 Å². The Bertz CT molecular complexity index is 172. The average Bonchev–Trinajstić information content (AvgIpc) is 2.16. The van der Waals surface area contributed by atoms with Crippen molar-refractivity contribution in [1.82, 2.24) is 0 Å². The lowest BCUT2D eigenvalue weighted by molar-refractivity contribution is 0.194. The van der Waals surface area contributed by atoms with Gasteiger partial charge >= 0.3 is 0 Å². The first-order valence-electron chi connectivity index (χ1n) is 5.41. The molecule has 1 spiro atoms. The van der Waals surface area contributed by atoms with Crippen LogP contribution in [0.15, 0.2) is 0 Å². The van der Waals surface area contributed by atoms with Gasteiger partial charge in [0.05, 0.1) is 14.0 Å². The summed E-state index contributed by atoms with van der Waals surface area (Å²) >= 11 is 0. The Kier molecular flexibility index (Phi) is 2.92. The van der Waals surface area contributed by atoms with Gasteiger partial charge in [-0.25, -0.2) is 0 Å². The average molecular weight is 202 g/mol. The summed E-state index contributed by atoms with van der Waals surface area (Å²) in [5.74, 6) is -0.387. The highest BCUT2D eigenvalue weighted by atomic mass is 31.1. The molecule has 0 amide bonds. The number of rotatable bonds is 0. The largest absolute Gasteiger partial charge is 0.386 e. The molecule has 2 unspecified atom stereocenters. The Morgan fingerprint density at radius 2 is 1.62 bits per heavy atom. The summed E-state index contributed by atoms with van der Waals surface area (Å²) in [6.07, 6.45) is 9.24. The van der Waals surface area contributed by atoms with E-state index in [9.17, 15) is 10.00 Å². The summed E-state index contributed by atoms with van der Waals surface area (Å²) in [6, 6.07) is 0. The second-order valence-electron chi connectivity index (χ2n) is 4.50. The molecule has 13 heavy (non-hydrogen) atoms. The fourth-order valence-electron chi connectivity index (χ4n) is 2.86. The Balaban J connectivity index is 2.09. The molecule has 0 radical (unpaired) electrons. The molecular formula is C10H19O2P. The van der Waals surface area contributed by atoms with Crippen LogP contribution in [0.5, 0.6) is 0 Å². The molecule has 1 saturated heterocycles. The Morgan fingerprint density at radius 3 is 2.31 bits per heavy atom. The molecule has 0 aromatic heterocycles. The van der Waals surface area contributed by atoms with E-state index < -0.39 is 8.15 Å². The molecule has 1 heterocycles. The van der Waals surface area contributed by atoms with Crippen LogP contribution in [0.25, 0.3) is 0 Å². The van der Waals surface area contributed by atoms with E-state index in [-0.39, 0.29) is 11.0 Å². The second kappa shape index (κ2) is 3.84. The van der Waals surface area contributed by atoms with Crippen LogP contribution >= 0.6 is 8.15 Å². The highest BCUT2D eigenvalue weighted by Gasteiger charge is 2.44. The second-order valence-corrected chi connectivity index (χ2v) is 6.74. The number of aliphatic hydroxyl groups excluding tert-OH is 1. The fraction of sp³-hybridized carbons (Fsp3) is 1.00. The lowest BCUT2D eigenvalue weighted by Crippen LogP contribution is -2.36. The maximum Gasteiger partial charge on any atom is 0.0980 e. The van der Waals surface area contributed by atoms with E-state index in [1.54, 1.807) is 0 Å². The van der Waals surface area contributed by atoms with Crippen LogP contribution in [0.1, 0.15) is 51.4 Å². The van der Waals surface area contributed by atoms with Crippen LogP contribution in [0.2, 0.25) is 0 Å². The molecule has 2 rings (SSSR count). The van der Waals surface area contributed by atoms with Gasteiger partial charge in [-0.1, -0.05) is 19.3 Å². The molecular weight excluding hydrogens is 183 g/mol. The molecule has 3 heteroatoms. The van der Waals surface area contributed by atoms with E-state index in [0.717, 1.165) is 32.1 Å². The smallest absolute Gasteiger partial charge is 0.0980 e. The van der Waals surface area contributed by atoms with Gasteiger partial charge in [-0.05, 0) is 32.1 Å². The summed E-state index contributed by atoms with van der Waals surface area (Å²) in [6.45, 7) is 0. The quantitative estimate of drug-likeness (QED) is 0.593. The summed E-state index contributed by atoms with van der Waals surface area (Å²) in [5, 5.41) is 9.83. The molecule has 1 aliphatic heterocycles. The Labute approximate surface area is 81.2 Å². The van der Waals surface area contributed by atoms with Gasteiger partial charge in [0.15, 0.2) is 0 Å². The van der Waals surface area contributed by atoms with Crippen molar-refractivity contribution in [2.45, 2.75) is 62.4 Å². The van der Waals surface area contributed by atoms with Gasteiger partial charge < -0.3 is 10.00 Å². The Morgan fingerprint density at radius 1 is 1.00 bits per heavy atom. The van der Waals surface area contributed by atoms with E-state index in [0.29, 0.717) is 0 Å². The van der Waals surface area contributed by atoms with Crippen molar-refractivity contribution in [2.24, 2.45) is 0 Å². The van der Waals surface area contributed by atoms with Crippen LogP contribution in [0, 0.1) is 0 Å². The highest BCUT2D eigenvalue weighted by Crippen LogP contribution is 2.62. The monoisotopic (exact) mass is 202 g/mol. The minimum Gasteiger partial charge on any atom is -0.386 e. The van der Waals surface area contributed by atoms with Crippen LogP contribution in [0.3, 0.4) is 0 Å². The van der Waals surface area contributed by atoms with Crippen LogP contribution < -0.4 is 0 Å². The van der Waals surface area contributed by atoms with Gasteiger partial charge in [0.25, 0.3) is 0 Å². The first-order valence-corrected chi connectivity index (χ1v) is 6.77. The molecule has 1 saturated carbocycles. The SMILES string of the molecule is OC1CCCC2(CCCCC2)P1O. The van der Waals surface area contributed by atoms with E-state index in [1.807, 2.05) is 0 Å². The molecule has 76 valence electrons. The minimum absolute atomic E-state index is 0.158. The van der Waals surface area contributed by atoms with E-state index >= 15 is 0 Å². The van der Waals surface area contributed by atoms with Crippen molar-refractivity contribution >= 4 is 8.15 Å². The van der Waals surface area contributed by atoms with Crippen molar-refractivity contribution < 1.29 is 10.00 Å². The molecule has 1 aliphatic carbocycles. The van der Waals surface area contributed by atoms with Crippen LogP contribution in [0.4, 0.5) is 0 Å². The zero-order valence-corrected chi connectivity index (χ0v) is 8.97. The predicted octanol–water partition coefficient (Wildman–Crippen LogP) is 2.58. The van der Waals surface area contributed by atoms with Gasteiger partial charge in [0, 0.05) is 5.16 Å². The molecule has 0 aromatic rings. The third-order valence-electron chi connectivity index (χ3n) is 3.66. The first kappa shape index (κ1) is 9.89. The lowest BCUT2D eigenvalue weighted by atomic mass is 9.84. The molecule has 2 nitrogen and oxygen atoms in total. The summed E-state index contributed by atoms with van der Waals surface area (Å²) < 4.78 is 0. The normalized spacial score (nSPS) is 39.2. The molecule has 2 aliphatic rings. The molecule has 0 aromatic carbocycles. The summed E-state index contributed by atoms with van der Waals surface area (Å²) in [4.78, 5) is 10.1. The minimum atomic E-state index is -1.10. The van der Waals surface area contributed by atoms with Crippen LogP contribution in [-0.2, 0) is 0 Å². The van der Waals surface area contributed by atoms with Crippen molar-refractivity contribution in [2.75, 3.05) is 0 Å². The van der Waals surface area contributed by atoms with E-state index in [4.69, 9.17) is 0 Å². The summed E-state index contributed by atoms with van der Waals surface area (Å²) in [5.41, 5.74) is 0. The molecule has 2 fully saturated rings. The van der Waals surface area contributed by atoms with Gasteiger partial charge in [-0.2, -0.15) is 0 Å². The van der Waals surface area contributed by atoms with Crippen molar-refractivity contribution in [3.05, 3.63) is 0 Å². The maximum atomic E-state index is 10.1. The van der Waals surface area contributed by atoms with Crippen molar-refractivity contribution in [1.29, 1.82) is 0 Å². The molecule has 2 atom stereocenters. The zero-order valence-electron chi connectivity index (χ0n) is 8.08. The molecule has 0 bridgehead atoms. The van der Waals surface area contributed by atoms with E-state index in [1.165, 1.54) is 19.3 Å². The highest BCUT2D eigenvalue weighted by molar-refractivity contribution is 7.54. The topological polar surface area (TPSA) is 40.5 Å². The third-order valence-corrected chi connectivity index (χ3v) is 6.12. The number of aliphatic hydroxyl groups is 1. The Hall–Kier alpha value is 0.350. The number of hydrogen-bond acceptors (Lipinski definition) is 2. The van der Waals surface area contributed by atoms with Gasteiger partial charge in [-0.3, -0.25) is 0 Å². The molecule has 2 N–H and O–H groups in total. The van der Waals surface area contributed by atoms with Crippen LogP contribution in [-0.4, -0.2) is 21.0 Å². The standard InChI is InChI=1S/C10H19O2P/c11-9-5-4-8-10(13(9)12)6-2-1-3-7-10/h9,11-12H,1-8H2. The lowest BCUT2D eigenvalue weighted by Gasteiger charge is -2.46. The maximum absolute atomic E-state index is 10.1.